The van der Waals surface area contributed by atoms with Crippen LogP contribution in [0.1, 0.15) is 32.3 Å². The molecule has 1 unspecified atom stereocenters. The van der Waals surface area contributed by atoms with Gasteiger partial charge in [0, 0.05) is 5.69 Å². The molecule has 2 aromatic rings. The number of nitrogens with two attached hydrogens (primary N) is 1. The van der Waals surface area contributed by atoms with E-state index >= 15 is 0 Å². The second-order valence-electron chi connectivity index (χ2n) is 5.79. The van der Waals surface area contributed by atoms with E-state index in [4.69, 9.17) is 22.1 Å². The van der Waals surface area contributed by atoms with Gasteiger partial charge in [0.2, 0.25) is 0 Å². The fourth-order valence-electron chi connectivity index (χ4n) is 2.26. The van der Waals surface area contributed by atoms with Gasteiger partial charge >= 0.3 is 6.03 Å². The van der Waals surface area contributed by atoms with Gasteiger partial charge in [0.25, 0.3) is 0 Å². The number of carbonyl (C=O) groups excluding carboxylic acids is 1. The Kier molecular flexibility index (Phi) is 5.93. The number of nitrogen functional groups attached to an aromatic ring is 1. The molecule has 0 spiro atoms. The maximum absolute atomic E-state index is 12.1. The van der Waals surface area contributed by atoms with E-state index in [0.29, 0.717) is 22.3 Å². The van der Waals surface area contributed by atoms with Gasteiger partial charge < -0.3 is 21.1 Å². The third-order valence-electron chi connectivity index (χ3n) is 3.42. The lowest BCUT2D eigenvalue weighted by Gasteiger charge is -2.20. The molecule has 0 radical (unpaired) electrons. The number of nitrogens with one attached hydrogen (secondary N) is 2. The first kappa shape index (κ1) is 17.9. The number of amides is 2. The monoisotopic (exact) mass is 347 g/mol. The molecule has 2 rings (SSSR count). The second kappa shape index (κ2) is 7.93. The minimum Gasteiger partial charge on any atom is -0.471 e. The summed E-state index contributed by atoms with van der Waals surface area (Å²) in [7, 11) is 0. The molecule has 4 N–H and O–H groups in total. The maximum Gasteiger partial charge on any atom is 0.322 e. The highest BCUT2D eigenvalue weighted by Crippen LogP contribution is 2.26. The summed E-state index contributed by atoms with van der Waals surface area (Å²) in [6.45, 7) is 5.95. The van der Waals surface area contributed by atoms with Crippen LogP contribution >= 0.6 is 11.6 Å². The van der Waals surface area contributed by atoms with Crippen LogP contribution in [0.15, 0.2) is 42.5 Å². The van der Waals surface area contributed by atoms with Gasteiger partial charge in [-0.25, -0.2) is 4.79 Å². The van der Waals surface area contributed by atoms with Crippen LogP contribution in [-0.2, 0) is 0 Å². The zero-order chi connectivity index (χ0) is 17.7. The molecule has 24 heavy (non-hydrogen) atoms. The number of ether oxygens (including phenoxy) is 1. The van der Waals surface area contributed by atoms with Crippen LogP contribution in [0.2, 0.25) is 5.02 Å². The summed E-state index contributed by atoms with van der Waals surface area (Å²) in [5.41, 5.74) is 7.74. The average Bonchev–Trinajstić information content (AvgIpc) is 2.50. The zero-order valence-corrected chi connectivity index (χ0v) is 14.7. The van der Waals surface area contributed by atoms with Gasteiger partial charge in [-0.05, 0) is 42.7 Å². The van der Waals surface area contributed by atoms with Crippen molar-refractivity contribution >= 4 is 29.0 Å². The number of para-hydroxylation sites is 1. The first-order valence-corrected chi connectivity index (χ1v) is 8.12. The number of hydrogen-bond acceptors (Lipinski definition) is 3. The van der Waals surface area contributed by atoms with Crippen molar-refractivity contribution < 1.29 is 9.53 Å². The number of urea groups is 1. The summed E-state index contributed by atoms with van der Waals surface area (Å²) >= 11 is 6.04. The van der Waals surface area contributed by atoms with Gasteiger partial charge in [-0.15, -0.1) is 0 Å². The third-order valence-corrected chi connectivity index (χ3v) is 3.73. The molecule has 2 aromatic carbocycles. The van der Waals surface area contributed by atoms with Crippen LogP contribution in [0.25, 0.3) is 0 Å². The highest BCUT2D eigenvalue weighted by Gasteiger charge is 2.13. The number of carbonyl (C=O) groups is 1. The van der Waals surface area contributed by atoms with Crippen molar-refractivity contribution in [2.75, 3.05) is 11.1 Å². The Hall–Kier alpha value is -2.40. The Morgan fingerprint density at radius 3 is 2.54 bits per heavy atom. The molecule has 5 nitrogen and oxygen atoms in total. The minimum atomic E-state index is -0.502. The molecule has 0 aromatic heterocycles. The van der Waals surface area contributed by atoms with E-state index in [0.717, 1.165) is 11.3 Å². The fraction of sp³-hybridized carbons (Fsp3) is 0.278. The molecule has 0 aliphatic carbocycles. The predicted molar refractivity (Wildman–Crippen MR) is 98.6 cm³/mol. The average molecular weight is 348 g/mol. The number of hydrogen-bond donors (Lipinski definition) is 3. The van der Waals surface area contributed by atoms with Crippen LogP contribution < -0.4 is 21.1 Å². The summed E-state index contributed by atoms with van der Waals surface area (Å²) < 4.78 is 5.84. The van der Waals surface area contributed by atoms with Gasteiger partial charge in [0.05, 0.1) is 10.7 Å². The first-order valence-electron chi connectivity index (χ1n) is 7.75. The molecule has 0 aliphatic rings. The Balaban J connectivity index is 1.97. The number of halogens is 1. The van der Waals surface area contributed by atoms with Crippen LogP contribution in [0.3, 0.4) is 0 Å². The minimum absolute atomic E-state index is 0.329. The molecule has 2 amide bonds. The number of anilines is 2. The topological polar surface area (TPSA) is 76.4 Å². The first-order chi connectivity index (χ1) is 11.4. The summed E-state index contributed by atoms with van der Waals surface area (Å²) in [5, 5.41) is 5.78. The van der Waals surface area contributed by atoms with Crippen LogP contribution in [0.4, 0.5) is 16.2 Å². The van der Waals surface area contributed by atoms with E-state index in [1.165, 1.54) is 0 Å². The largest absolute Gasteiger partial charge is 0.471 e. The smallest absolute Gasteiger partial charge is 0.322 e. The standard InChI is InChI=1S/C18H22ClN3O2/c1-11(2)14-6-4-5-7-17(14)24-12(3)21-18(23)22-16-9-8-13(20)10-15(16)19/h4-12H,20H2,1-3H3,(H2,21,22,23). The van der Waals surface area contributed by atoms with E-state index in [1.54, 1.807) is 25.1 Å². The fourth-order valence-corrected chi connectivity index (χ4v) is 2.50. The zero-order valence-electron chi connectivity index (χ0n) is 14.0. The van der Waals surface area contributed by atoms with E-state index in [-0.39, 0.29) is 0 Å². The highest BCUT2D eigenvalue weighted by atomic mass is 35.5. The normalized spacial score (nSPS) is 11.9. The maximum atomic E-state index is 12.1. The predicted octanol–water partition coefficient (Wildman–Crippen LogP) is 4.59. The van der Waals surface area contributed by atoms with Crippen molar-refractivity contribution in [2.45, 2.75) is 32.9 Å². The SMILES string of the molecule is CC(NC(=O)Nc1ccc(N)cc1Cl)Oc1ccccc1C(C)C. The summed E-state index contributed by atoms with van der Waals surface area (Å²) in [5.74, 6) is 1.08. The van der Waals surface area contributed by atoms with Crippen LogP contribution in [-0.4, -0.2) is 12.3 Å². The Bertz CT molecular complexity index is 719. The van der Waals surface area contributed by atoms with Gasteiger partial charge in [-0.3, -0.25) is 0 Å². The molecule has 0 saturated heterocycles. The molecule has 0 saturated carbocycles. The van der Waals surface area contributed by atoms with E-state index in [9.17, 15) is 4.79 Å². The molecule has 1 atom stereocenters. The van der Waals surface area contributed by atoms with Crippen molar-refractivity contribution in [1.29, 1.82) is 0 Å². The van der Waals surface area contributed by atoms with Crippen molar-refractivity contribution in [1.82, 2.24) is 5.32 Å². The number of rotatable bonds is 5. The van der Waals surface area contributed by atoms with E-state index in [2.05, 4.69) is 24.5 Å². The lowest BCUT2D eigenvalue weighted by molar-refractivity contribution is 0.181. The van der Waals surface area contributed by atoms with Crippen molar-refractivity contribution in [3.05, 3.63) is 53.1 Å². The van der Waals surface area contributed by atoms with Gasteiger partial charge in [-0.1, -0.05) is 43.6 Å². The summed E-state index contributed by atoms with van der Waals surface area (Å²) in [4.78, 5) is 12.1. The summed E-state index contributed by atoms with van der Waals surface area (Å²) in [6.07, 6.45) is -0.502. The molecule has 0 heterocycles. The third kappa shape index (κ3) is 4.80. The Labute approximate surface area is 147 Å². The highest BCUT2D eigenvalue weighted by molar-refractivity contribution is 6.34. The van der Waals surface area contributed by atoms with E-state index in [1.807, 2.05) is 24.3 Å². The van der Waals surface area contributed by atoms with Gasteiger partial charge in [0.15, 0.2) is 6.23 Å². The lowest BCUT2D eigenvalue weighted by Crippen LogP contribution is -2.39. The molecule has 6 heteroatoms. The van der Waals surface area contributed by atoms with Gasteiger partial charge in [0.1, 0.15) is 5.75 Å². The lowest BCUT2D eigenvalue weighted by atomic mass is 10.0. The quantitative estimate of drug-likeness (QED) is 0.546. The molecule has 128 valence electrons. The summed E-state index contributed by atoms with van der Waals surface area (Å²) in [6, 6.07) is 12.3. The number of benzene rings is 2. The molecule has 0 aliphatic heterocycles. The Morgan fingerprint density at radius 2 is 1.88 bits per heavy atom. The van der Waals surface area contributed by atoms with Crippen molar-refractivity contribution in [3.63, 3.8) is 0 Å². The van der Waals surface area contributed by atoms with Crippen molar-refractivity contribution in [2.24, 2.45) is 0 Å². The molecular weight excluding hydrogens is 326 g/mol. The second-order valence-corrected chi connectivity index (χ2v) is 6.20. The molecular formula is C18H22ClN3O2. The van der Waals surface area contributed by atoms with E-state index < -0.39 is 12.3 Å². The molecule has 0 fully saturated rings. The Morgan fingerprint density at radius 1 is 1.17 bits per heavy atom. The molecule has 0 bridgehead atoms. The van der Waals surface area contributed by atoms with Gasteiger partial charge in [-0.2, -0.15) is 0 Å². The van der Waals surface area contributed by atoms with Crippen LogP contribution in [0, 0.1) is 0 Å². The van der Waals surface area contributed by atoms with Crippen LogP contribution in [0.5, 0.6) is 5.75 Å². The van der Waals surface area contributed by atoms with Crippen molar-refractivity contribution in [3.8, 4) is 5.75 Å².